The number of aryl methyl sites for hydroxylation is 1. The van der Waals surface area contributed by atoms with E-state index in [9.17, 15) is 17.6 Å². The Bertz CT molecular complexity index is 1330. The van der Waals surface area contributed by atoms with Gasteiger partial charge < -0.3 is 5.32 Å². The smallest absolute Gasteiger partial charge is 0.227 e. The lowest BCUT2D eigenvalue weighted by Crippen LogP contribution is -2.27. The average Bonchev–Trinajstić information content (AvgIpc) is 3.20. The highest BCUT2D eigenvalue weighted by Gasteiger charge is 2.24. The van der Waals surface area contributed by atoms with Crippen LogP contribution in [0.3, 0.4) is 0 Å². The number of rotatable bonds is 8. The van der Waals surface area contributed by atoms with Gasteiger partial charge in [0.1, 0.15) is 5.82 Å². The number of sulfonamides is 1. The SMILES string of the molecule is Cc1cccc(-c2nc(C(C)(C)C)sc2CNC(=O)C(C)c2ccc(CNS(C)(=O)=O)c(F)c2)c1. The standard InChI is InChI=1S/C26H32FN3O3S2/c1-16-8-7-9-19(12-16)23-22(34-25(30-23)26(3,4)5)15-28-24(31)17(2)18-10-11-20(21(27)13-18)14-29-35(6,32)33/h7-13,17,29H,14-15H2,1-6H3,(H,28,31). The number of thiazole rings is 1. The monoisotopic (exact) mass is 517 g/mol. The van der Waals surface area contributed by atoms with Crippen molar-refractivity contribution in [3.8, 4) is 11.3 Å². The molecule has 35 heavy (non-hydrogen) atoms. The molecule has 1 aromatic heterocycles. The molecule has 3 rings (SSSR count). The highest BCUT2D eigenvalue weighted by Crippen LogP contribution is 2.35. The van der Waals surface area contributed by atoms with Crippen LogP contribution in [0, 0.1) is 12.7 Å². The third-order valence-electron chi connectivity index (χ3n) is 5.55. The van der Waals surface area contributed by atoms with Crippen LogP contribution in [0.2, 0.25) is 0 Å². The number of nitrogens with zero attached hydrogens (tertiary/aromatic N) is 1. The molecule has 0 saturated heterocycles. The second-order valence-electron chi connectivity index (χ2n) is 9.79. The number of hydrogen-bond acceptors (Lipinski definition) is 5. The Hall–Kier alpha value is -2.62. The lowest BCUT2D eigenvalue weighted by molar-refractivity contribution is -0.122. The first-order valence-corrected chi connectivity index (χ1v) is 14.0. The van der Waals surface area contributed by atoms with E-state index in [-0.39, 0.29) is 23.4 Å². The van der Waals surface area contributed by atoms with Crippen molar-refractivity contribution in [2.45, 2.75) is 59.0 Å². The largest absolute Gasteiger partial charge is 0.351 e. The molecule has 0 saturated carbocycles. The number of aromatic nitrogens is 1. The van der Waals surface area contributed by atoms with Gasteiger partial charge in [0.25, 0.3) is 0 Å². The Labute approximate surface area is 211 Å². The van der Waals surface area contributed by atoms with Crippen molar-refractivity contribution in [2.24, 2.45) is 0 Å². The fourth-order valence-electron chi connectivity index (χ4n) is 3.47. The van der Waals surface area contributed by atoms with Crippen LogP contribution >= 0.6 is 11.3 Å². The van der Waals surface area contributed by atoms with Gasteiger partial charge in [0, 0.05) is 23.1 Å². The molecule has 0 aliphatic rings. The van der Waals surface area contributed by atoms with Crippen molar-refractivity contribution in [1.82, 2.24) is 15.0 Å². The minimum atomic E-state index is -3.43. The Kier molecular flexibility index (Phi) is 8.14. The predicted octanol–water partition coefficient (Wildman–Crippen LogP) is 5.02. The van der Waals surface area contributed by atoms with E-state index in [0.29, 0.717) is 12.1 Å². The summed E-state index contributed by atoms with van der Waals surface area (Å²) in [6, 6.07) is 12.6. The lowest BCUT2D eigenvalue weighted by atomic mass is 9.98. The number of benzene rings is 2. The predicted molar refractivity (Wildman–Crippen MR) is 139 cm³/mol. The molecule has 0 aliphatic heterocycles. The Balaban J connectivity index is 1.76. The summed E-state index contributed by atoms with van der Waals surface area (Å²) < 4.78 is 39.3. The summed E-state index contributed by atoms with van der Waals surface area (Å²) in [4.78, 5) is 18.8. The van der Waals surface area contributed by atoms with Gasteiger partial charge in [-0.3, -0.25) is 4.79 Å². The van der Waals surface area contributed by atoms with Crippen molar-refractivity contribution in [1.29, 1.82) is 0 Å². The summed E-state index contributed by atoms with van der Waals surface area (Å²) in [5.41, 5.74) is 3.62. The molecule has 1 atom stereocenters. The maximum atomic E-state index is 14.5. The molecule has 1 amide bonds. The van der Waals surface area contributed by atoms with Crippen LogP contribution in [0.25, 0.3) is 11.3 Å². The first-order valence-electron chi connectivity index (χ1n) is 11.3. The molecule has 9 heteroatoms. The first-order chi connectivity index (χ1) is 16.2. The number of nitrogens with one attached hydrogen (secondary N) is 2. The summed E-state index contributed by atoms with van der Waals surface area (Å²) >= 11 is 1.59. The zero-order valence-electron chi connectivity index (χ0n) is 20.9. The van der Waals surface area contributed by atoms with Gasteiger partial charge >= 0.3 is 0 Å². The fraction of sp³-hybridized carbons (Fsp3) is 0.385. The van der Waals surface area contributed by atoms with Crippen LogP contribution in [0.1, 0.15) is 60.2 Å². The number of carbonyl (C=O) groups excluding carboxylic acids is 1. The van der Waals surface area contributed by atoms with Gasteiger partial charge in [-0.25, -0.2) is 22.5 Å². The molecule has 2 aromatic carbocycles. The molecule has 0 aliphatic carbocycles. The summed E-state index contributed by atoms with van der Waals surface area (Å²) in [6.45, 7) is 10.3. The van der Waals surface area contributed by atoms with E-state index in [4.69, 9.17) is 4.98 Å². The van der Waals surface area contributed by atoms with Gasteiger partial charge in [-0.2, -0.15) is 0 Å². The van der Waals surface area contributed by atoms with Crippen molar-refractivity contribution in [2.75, 3.05) is 6.26 Å². The van der Waals surface area contributed by atoms with E-state index in [2.05, 4.69) is 36.9 Å². The molecule has 0 spiro atoms. The summed E-state index contributed by atoms with van der Waals surface area (Å²) in [5.74, 6) is -1.37. The van der Waals surface area contributed by atoms with Gasteiger partial charge in [0.15, 0.2) is 0 Å². The third-order valence-corrected chi connectivity index (χ3v) is 7.70. The van der Waals surface area contributed by atoms with Gasteiger partial charge in [-0.15, -0.1) is 11.3 Å². The van der Waals surface area contributed by atoms with Crippen LogP contribution in [-0.2, 0) is 33.3 Å². The minimum absolute atomic E-state index is 0.121. The van der Waals surface area contributed by atoms with Gasteiger partial charge in [0.2, 0.25) is 15.9 Å². The summed E-state index contributed by atoms with van der Waals surface area (Å²) in [6.07, 6.45) is 1.02. The molecule has 0 bridgehead atoms. The molecule has 0 radical (unpaired) electrons. The van der Waals surface area contributed by atoms with E-state index in [0.717, 1.165) is 33.0 Å². The van der Waals surface area contributed by atoms with E-state index >= 15 is 0 Å². The van der Waals surface area contributed by atoms with Crippen molar-refractivity contribution in [3.63, 3.8) is 0 Å². The first kappa shape index (κ1) is 27.0. The molecule has 3 aromatic rings. The van der Waals surface area contributed by atoms with Gasteiger partial charge in [-0.1, -0.05) is 56.7 Å². The molecular weight excluding hydrogens is 485 g/mol. The Morgan fingerprint density at radius 1 is 1.14 bits per heavy atom. The van der Waals surface area contributed by atoms with E-state index in [1.807, 2.05) is 25.1 Å². The summed E-state index contributed by atoms with van der Waals surface area (Å²) in [7, 11) is -3.43. The third kappa shape index (κ3) is 7.19. The highest BCUT2D eigenvalue weighted by atomic mass is 32.2. The quantitative estimate of drug-likeness (QED) is 0.439. The maximum Gasteiger partial charge on any atom is 0.227 e. The van der Waals surface area contributed by atoms with E-state index < -0.39 is 21.8 Å². The second-order valence-corrected chi connectivity index (χ2v) is 12.7. The fourth-order valence-corrected chi connectivity index (χ4v) is 4.97. The molecule has 188 valence electrons. The lowest BCUT2D eigenvalue weighted by Gasteiger charge is -2.14. The summed E-state index contributed by atoms with van der Waals surface area (Å²) in [5, 5.41) is 3.98. The Morgan fingerprint density at radius 2 is 1.86 bits per heavy atom. The van der Waals surface area contributed by atoms with Crippen LogP contribution in [0.4, 0.5) is 4.39 Å². The van der Waals surface area contributed by atoms with E-state index in [1.54, 1.807) is 24.3 Å². The van der Waals surface area contributed by atoms with Crippen molar-refractivity contribution < 1.29 is 17.6 Å². The van der Waals surface area contributed by atoms with Crippen LogP contribution in [0.15, 0.2) is 42.5 Å². The number of amides is 1. The van der Waals surface area contributed by atoms with E-state index in [1.165, 1.54) is 12.1 Å². The maximum absolute atomic E-state index is 14.5. The molecule has 1 unspecified atom stereocenters. The normalized spacial score (nSPS) is 13.0. The minimum Gasteiger partial charge on any atom is -0.351 e. The molecule has 1 heterocycles. The molecule has 0 fully saturated rings. The molecular formula is C26H32FN3O3S2. The molecule has 6 nitrogen and oxygen atoms in total. The average molecular weight is 518 g/mol. The van der Waals surface area contributed by atoms with Crippen LogP contribution in [0.5, 0.6) is 0 Å². The second kappa shape index (κ2) is 10.6. The zero-order valence-corrected chi connectivity index (χ0v) is 22.5. The topological polar surface area (TPSA) is 88.2 Å². The highest BCUT2D eigenvalue weighted by molar-refractivity contribution is 7.88. The number of carbonyl (C=O) groups is 1. The number of halogens is 1. The van der Waals surface area contributed by atoms with Crippen molar-refractivity contribution in [3.05, 3.63) is 74.9 Å². The van der Waals surface area contributed by atoms with Crippen molar-refractivity contribution >= 4 is 27.3 Å². The Morgan fingerprint density at radius 3 is 2.46 bits per heavy atom. The van der Waals surface area contributed by atoms with Crippen LogP contribution < -0.4 is 10.0 Å². The van der Waals surface area contributed by atoms with Gasteiger partial charge in [-0.05, 0) is 31.5 Å². The number of hydrogen-bond donors (Lipinski definition) is 2. The van der Waals surface area contributed by atoms with Crippen LogP contribution in [-0.4, -0.2) is 25.6 Å². The molecule has 2 N–H and O–H groups in total. The zero-order chi connectivity index (χ0) is 26.0. The van der Waals surface area contributed by atoms with Gasteiger partial charge in [0.05, 0.1) is 34.3 Å².